The van der Waals surface area contributed by atoms with Crippen LogP contribution < -0.4 is 37.6 Å². The lowest BCUT2D eigenvalue weighted by Crippen LogP contribution is -2.63. The highest BCUT2D eigenvalue weighted by Crippen LogP contribution is 2.36. The molecule has 0 spiro atoms. The number of esters is 3. The molecule has 12 amide bonds. The molecular formula is C76H109N11O24P+. The van der Waals surface area contributed by atoms with Crippen molar-refractivity contribution in [2.24, 2.45) is 35.3 Å². The molecule has 1 fully saturated rings. The Kier molecular flexibility index (Phi) is 38.1. The molecule has 616 valence electrons. The van der Waals surface area contributed by atoms with Crippen LogP contribution in [0.1, 0.15) is 133 Å². The van der Waals surface area contributed by atoms with Crippen molar-refractivity contribution in [1.82, 2.24) is 46.2 Å². The Bertz CT molecular complexity index is 3740. The molecule has 0 aliphatic carbocycles. The molecular weight excluding hydrogens is 1480 g/mol. The van der Waals surface area contributed by atoms with Crippen molar-refractivity contribution in [3.63, 3.8) is 0 Å². The summed E-state index contributed by atoms with van der Waals surface area (Å²) in [6.07, 6.45) is -6.61. The third kappa shape index (κ3) is 28.5. The molecule has 2 aromatic carbocycles. The van der Waals surface area contributed by atoms with Gasteiger partial charge in [-0.15, -0.1) is 9.05 Å². The average Bonchev–Trinajstić information content (AvgIpc) is 0.911. The number of rotatable bonds is 36. The molecule has 35 nitrogen and oxygen atoms in total. The molecule has 8 N–H and O–H groups in total. The zero-order valence-corrected chi connectivity index (χ0v) is 67.3. The number of carbonyl (C=O) groups excluding carboxylic acids is 16. The molecule has 0 saturated carbocycles. The van der Waals surface area contributed by atoms with Crippen molar-refractivity contribution in [3.05, 3.63) is 90.2 Å². The first-order valence-electron chi connectivity index (χ1n) is 36.9. The summed E-state index contributed by atoms with van der Waals surface area (Å²) < 4.78 is 54.7. The van der Waals surface area contributed by atoms with Gasteiger partial charge in [0.05, 0.1) is 37.8 Å². The number of methoxy groups -OCH3 is 1. The number of imide groups is 1. The topological polar surface area (TPSA) is 466 Å². The molecule has 112 heavy (non-hydrogen) atoms. The quantitative estimate of drug-likeness (QED) is 0.0129. The molecule has 0 radical (unpaired) electrons. The molecule has 2 heterocycles. The number of urea groups is 1. The monoisotopic (exact) mass is 1590 g/mol. The number of anilines is 1. The third-order valence-electron chi connectivity index (χ3n) is 18.8. The van der Waals surface area contributed by atoms with Gasteiger partial charge >= 0.3 is 32.2 Å². The number of nitrogens with one attached hydrogen (secondary N) is 6. The van der Waals surface area contributed by atoms with Crippen LogP contribution in [-0.2, 0) is 122 Å². The molecule has 36 heteroatoms. The summed E-state index contributed by atoms with van der Waals surface area (Å²) >= 11 is 0. The highest BCUT2D eigenvalue weighted by Gasteiger charge is 2.48. The minimum atomic E-state index is -3.16. The Morgan fingerprint density at radius 1 is 0.750 bits per heavy atom. The summed E-state index contributed by atoms with van der Waals surface area (Å²) in [5, 5.41) is 15.4. The maximum absolute atomic E-state index is 15.5. The van der Waals surface area contributed by atoms with Crippen molar-refractivity contribution in [2.75, 3.05) is 59.9 Å². The number of ketones is 2. The van der Waals surface area contributed by atoms with Crippen molar-refractivity contribution in [3.8, 4) is 0 Å². The molecule has 14 atom stereocenters. The Hall–Kier alpha value is -10.2. The predicted molar refractivity (Wildman–Crippen MR) is 403 cm³/mol. The van der Waals surface area contributed by atoms with Crippen LogP contribution >= 0.6 is 8.25 Å². The van der Waals surface area contributed by atoms with E-state index in [0.717, 1.165) is 45.7 Å². The van der Waals surface area contributed by atoms with Gasteiger partial charge in [-0.25, -0.2) is 14.4 Å². The van der Waals surface area contributed by atoms with Gasteiger partial charge < -0.3 is 76.0 Å². The number of ether oxygens (including phenoxy) is 5. The number of hydrogen-bond acceptors (Lipinski definition) is 24. The van der Waals surface area contributed by atoms with Crippen LogP contribution in [0.3, 0.4) is 0 Å². The highest BCUT2D eigenvalue weighted by atomic mass is 31.1. The van der Waals surface area contributed by atoms with Gasteiger partial charge in [-0.05, 0) is 81.5 Å². The van der Waals surface area contributed by atoms with Crippen molar-refractivity contribution in [2.45, 2.75) is 201 Å². The Labute approximate surface area is 652 Å². The van der Waals surface area contributed by atoms with Gasteiger partial charge in [-0.1, -0.05) is 97.5 Å². The number of amides is 12. The number of hydrogen-bond donors (Lipinski definition) is 7. The number of benzene rings is 2. The SMILES string of the molecule is C=C1C(=O)N[C@@H](C)C(=O)N(C)[C@@H](C)C(=O)N[C@@H]([C@H](OC(=O)[C@@H](CC(=O)CC)[C@H](O[P+](=O)OCc2ccc(NC(=O)[C@H](CCCNC(N)=O)CC(=O)[C@@H](NC(=O)CCOCCN3C(=O)C=CC3=O)C(C)C)cc2)C(C)C)C(C)C)C(=O)N(C)[C@@H]([C@@H](C)OC)C(=O)O[C@H](C)[C@H](NC(C)=O)C(=O)O[C@H](Cc2ccccc2)C(=O)N1C. The van der Waals surface area contributed by atoms with Gasteiger partial charge in [0.2, 0.25) is 35.4 Å². The lowest BCUT2D eigenvalue weighted by molar-refractivity contribution is -0.174. The first-order valence-corrected chi connectivity index (χ1v) is 37.9. The zero-order valence-electron chi connectivity index (χ0n) is 66.4. The summed E-state index contributed by atoms with van der Waals surface area (Å²) in [4.78, 5) is 223. The fraction of sp³-hybridized carbons (Fsp3) is 0.579. The van der Waals surface area contributed by atoms with E-state index in [1.165, 1.54) is 93.9 Å². The van der Waals surface area contributed by atoms with E-state index < -0.39 is 211 Å². The van der Waals surface area contributed by atoms with Gasteiger partial charge in [-0.2, -0.15) is 0 Å². The van der Waals surface area contributed by atoms with E-state index in [9.17, 15) is 71.7 Å². The summed E-state index contributed by atoms with van der Waals surface area (Å²) in [6.45, 7) is 20.8. The van der Waals surface area contributed by atoms with Gasteiger partial charge in [-0.3, -0.25) is 67.2 Å². The summed E-state index contributed by atoms with van der Waals surface area (Å²) in [7, 11) is 1.57. The van der Waals surface area contributed by atoms with Crippen LogP contribution in [0.25, 0.3) is 0 Å². The number of Topliss-reactive ketones (excluding diaryl/α,β-unsaturated/α-hetero) is 2. The lowest BCUT2D eigenvalue weighted by atomic mass is 9.88. The van der Waals surface area contributed by atoms with E-state index in [1.54, 1.807) is 58.0 Å². The largest absolute Gasteiger partial charge is 0.698 e. The predicted octanol–water partition coefficient (Wildman–Crippen LogP) is 3.16. The molecule has 2 aliphatic heterocycles. The van der Waals surface area contributed by atoms with Crippen LogP contribution in [0.4, 0.5) is 10.5 Å². The number of cyclic esters (lactones) is 2. The number of carbonyl (C=O) groups is 16. The molecule has 2 aromatic rings. The minimum absolute atomic E-state index is 0.0151. The lowest BCUT2D eigenvalue weighted by Gasteiger charge is -2.38. The van der Waals surface area contributed by atoms with E-state index in [2.05, 4.69) is 38.5 Å². The maximum Gasteiger partial charge on any atom is 0.698 e. The fourth-order valence-electron chi connectivity index (χ4n) is 11.9. The molecule has 1 saturated heterocycles. The van der Waals surface area contributed by atoms with Gasteiger partial charge in [0.15, 0.2) is 24.0 Å². The number of likely N-dealkylation sites (N-methyl/N-ethyl adjacent to an activating group) is 3. The Balaban J connectivity index is 1.64. The molecule has 0 aromatic heterocycles. The first-order chi connectivity index (χ1) is 52.6. The fourth-order valence-corrected chi connectivity index (χ4v) is 12.8. The van der Waals surface area contributed by atoms with Gasteiger partial charge in [0.25, 0.3) is 23.6 Å². The van der Waals surface area contributed by atoms with E-state index in [4.69, 9.17) is 38.5 Å². The second kappa shape index (κ2) is 45.3. The summed E-state index contributed by atoms with van der Waals surface area (Å²) in [5.74, 6) is -17.2. The van der Waals surface area contributed by atoms with E-state index in [0.29, 0.717) is 11.1 Å². The van der Waals surface area contributed by atoms with E-state index in [1.807, 2.05) is 0 Å². The third-order valence-corrected chi connectivity index (χ3v) is 19.6. The van der Waals surface area contributed by atoms with Gasteiger partial charge in [0.1, 0.15) is 54.5 Å². The second-order valence-electron chi connectivity index (χ2n) is 28.4. The number of nitrogens with zero attached hydrogens (tertiary/aromatic N) is 4. The van der Waals surface area contributed by atoms with Crippen molar-refractivity contribution >= 4 is 109 Å². The van der Waals surface area contributed by atoms with E-state index in [-0.39, 0.29) is 77.1 Å². The summed E-state index contributed by atoms with van der Waals surface area (Å²) in [5.41, 5.74) is 5.89. The maximum atomic E-state index is 15.5. The molecule has 0 bridgehead atoms. The molecule has 4 rings (SSSR count). The Morgan fingerprint density at radius 2 is 1.38 bits per heavy atom. The summed E-state index contributed by atoms with van der Waals surface area (Å²) in [6, 6.07) is 3.95. The van der Waals surface area contributed by atoms with Crippen molar-refractivity contribution < 1.29 is 114 Å². The Morgan fingerprint density at radius 3 is 1.96 bits per heavy atom. The van der Waals surface area contributed by atoms with Crippen LogP contribution in [0.2, 0.25) is 0 Å². The zero-order chi connectivity index (χ0) is 84.1. The minimum Gasteiger partial charge on any atom is -0.459 e. The smallest absolute Gasteiger partial charge is 0.459 e. The van der Waals surface area contributed by atoms with Crippen molar-refractivity contribution in [1.29, 1.82) is 0 Å². The highest BCUT2D eigenvalue weighted by molar-refractivity contribution is 7.33. The van der Waals surface area contributed by atoms with Crippen LogP contribution in [-0.4, -0.2) is 236 Å². The van der Waals surface area contributed by atoms with Crippen LogP contribution in [0, 0.1) is 29.6 Å². The average molecular weight is 1590 g/mol. The first kappa shape index (κ1) is 94.2. The van der Waals surface area contributed by atoms with Crippen LogP contribution in [0.15, 0.2) is 79.0 Å². The number of nitrogens with two attached hydrogens (primary N) is 1. The normalized spacial score (nSPS) is 21.1. The standard InChI is InChI=1S/C76H108N11O24P/c1-18-54(89)39-55(65(42(4)5)111-112(104)107-40-51-26-28-53(29-27-51)81-69(96)52(25-22-33-78-76(77)103)38-56(90)61(41(2)3)82-58(91)32-35-106-36-34-87-59(92)30-31-60(87)93)73(100)110-66(43(6)7)63-72(99)86(16)64(48(12)105-17)75(102)108-47(11)62(80-49(13)88)74(101)109-57(37-50-23-20-19-21-24-50)71(98)85(15)45(9)67(94)79-44(8)70(97)84(14)46(10)68(95)83-63/h19-21,23-24,26-31,41-44,46-48,52,55,57,61-66H,9,18,22,25,32-40H2,1-8,10-17H3,(H7-,77,78,79,80,81,82,83,88,91,94,95,96,103)/p+1/t44-,46-,47+,48+,52+,55-,57+,61-,62-,63-,64-,65+,66+/m0/s1. The molecule has 2 aliphatic rings. The number of primary amides is 1. The second-order valence-corrected chi connectivity index (χ2v) is 29.3. The van der Waals surface area contributed by atoms with E-state index >= 15 is 9.59 Å². The molecule has 1 unspecified atom stereocenters. The van der Waals surface area contributed by atoms with Gasteiger partial charge in [0, 0.05) is 102 Å². The van der Waals surface area contributed by atoms with Crippen LogP contribution in [0.5, 0.6) is 0 Å².